The molecule has 4 nitrogen and oxygen atoms in total. The zero-order valence-electron chi connectivity index (χ0n) is 13.8. The average Bonchev–Trinajstić information content (AvgIpc) is 2.55. The minimum absolute atomic E-state index is 0.0254. The number of aliphatic hydroxyl groups is 1. The molecular formula is C17H14F6N2O2. The van der Waals surface area contributed by atoms with Crippen LogP contribution >= 0.6 is 0 Å². The van der Waals surface area contributed by atoms with Gasteiger partial charge in [0.25, 0.3) is 5.60 Å². The minimum Gasteiger partial charge on any atom is -0.369 e. The Morgan fingerprint density at radius 1 is 1.00 bits per heavy atom. The summed E-state index contributed by atoms with van der Waals surface area (Å²) in [7, 11) is 0. The lowest BCUT2D eigenvalue weighted by molar-refractivity contribution is -0.376. The number of halogens is 6. The fourth-order valence-corrected chi connectivity index (χ4v) is 2.26. The second kappa shape index (κ2) is 7.18. The van der Waals surface area contributed by atoms with E-state index in [0.29, 0.717) is 17.8 Å². The van der Waals surface area contributed by atoms with Crippen LogP contribution in [0.25, 0.3) is 0 Å². The fraction of sp³-hybridized carbons (Fsp3) is 0.294. The van der Waals surface area contributed by atoms with Crippen molar-refractivity contribution >= 4 is 11.6 Å². The van der Waals surface area contributed by atoms with Crippen LogP contribution in [0.2, 0.25) is 0 Å². The molecule has 1 amide bonds. The molecule has 0 saturated carbocycles. The molecule has 146 valence electrons. The largest absolute Gasteiger partial charge is 0.430 e. The third-order valence-corrected chi connectivity index (χ3v) is 3.72. The normalized spacial score (nSPS) is 12.7. The van der Waals surface area contributed by atoms with Crippen molar-refractivity contribution in [3.8, 4) is 0 Å². The molecule has 0 fully saturated rings. The Balaban J connectivity index is 2.16. The first kappa shape index (κ1) is 20.7. The third kappa shape index (κ3) is 4.38. The van der Waals surface area contributed by atoms with Gasteiger partial charge in [0.15, 0.2) is 0 Å². The predicted octanol–water partition coefficient (Wildman–Crippen LogP) is 3.88. The van der Waals surface area contributed by atoms with Crippen molar-refractivity contribution in [3.63, 3.8) is 0 Å². The van der Waals surface area contributed by atoms with Gasteiger partial charge in [0, 0.05) is 23.1 Å². The summed E-state index contributed by atoms with van der Waals surface area (Å²) in [5.41, 5.74) is -5.10. The maximum atomic E-state index is 12.8. The van der Waals surface area contributed by atoms with Crippen LogP contribution in [0.15, 0.2) is 42.6 Å². The van der Waals surface area contributed by atoms with E-state index in [9.17, 15) is 36.2 Å². The fourth-order valence-electron chi connectivity index (χ4n) is 2.26. The van der Waals surface area contributed by atoms with E-state index in [4.69, 9.17) is 0 Å². The highest BCUT2D eigenvalue weighted by atomic mass is 19.4. The topological polar surface area (TPSA) is 62.2 Å². The number of alkyl halides is 6. The van der Waals surface area contributed by atoms with Crippen LogP contribution in [0.3, 0.4) is 0 Å². The van der Waals surface area contributed by atoms with Crippen molar-refractivity contribution in [1.82, 2.24) is 4.98 Å². The van der Waals surface area contributed by atoms with Crippen molar-refractivity contribution in [1.29, 1.82) is 0 Å². The first-order valence-corrected chi connectivity index (χ1v) is 7.52. The van der Waals surface area contributed by atoms with E-state index in [0.717, 1.165) is 17.7 Å². The molecule has 27 heavy (non-hydrogen) atoms. The highest BCUT2D eigenvalue weighted by Crippen LogP contribution is 2.50. The Bertz CT molecular complexity index is 784. The summed E-state index contributed by atoms with van der Waals surface area (Å²) in [6, 6.07) is 5.96. The van der Waals surface area contributed by atoms with E-state index in [1.54, 1.807) is 18.3 Å². The number of anilines is 1. The SMILES string of the molecule is Cc1ccc(CC(=O)Nc2ccc(C(O)(C(F)(F)F)C(F)(F)F)cc2)nc1. The maximum Gasteiger partial charge on any atom is 0.430 e. The van der Waals surface area contributed by atoms with Crippen molar-refractivity contribution in [3.05, 3.63) is 59.4 Å². The maximum absolute atomic E-state index is 12.8. The molecule has 0 aliphatic rings. The van der Waals surface area contributed by atoms with E-state index in [2.05, 4.69) is 10.3 Å². The van der Waals surface area contributed by atoms with E-state index < -0.39 is 29.4 Å². The Hall–Kier alpha value is -2.62. The smallest absolute Gasteiger partial charge is 0.369 e. The van der Waals surface area contributed by atoms with Gasteiger partial charge in [0.05, 0.1) is 6.42 Å². The van der Waals surface area contributed by atoms with Crippen LogP contribution in [0, 0.1) is 6.92 Å². The molecule has 0 radical (unpaired) electrons. The van der Waals surface area contributed by atoms with Gasteiger partial charge < -0.3 is 10.4 Å². The highest BCUT2D eigenvalue weighted by Gasteiger charge is 2.71. The quantitative estimate of drug-likeness (QED) is 0.777. The number of nitrogens with one attached hydrogen (secondary N) is 1. The first-order chi connectivity index (χ1) is 12.3. The van der Waals surface area contributed by atoms with Gasteiger partial charge in [-0.15, -0.1) is 0 Å². The molecule has 0 spiro atoms. The number of rotatable bonds is 4. The number of benzene rings is 1. The van der Waals surface area contributed by atoms with E-state index >= 15 is 0 Å². The molecule has 0 atom stereocenters. The summed E-state index contributed by atoms with van der Waals surface area (Å²) in [5.74, 6) is -0.555. The number of aryl methyl sites for hydroxylation is 1. The molecule has 1 heterocycles. The van der Waals surface area contributed by atoms with Crippen LogP contribution in [0.4, 0.5) is 32.0 Å². The summed E-state index contributed by atoms with van der Waals surface area (Å²) in [4.78, 5) is 15.9. The summed E-state index contributed by atoms with van der Waals surface area (Å²) < 4.78 is 76.9. The molecule has 10 heteroatoms. The summed E-state index contributed by atoms with van der Waals surface area (Å²) in [6.07, 6.45) is -10.5. The summed E-state index contributed by atoms with van der Waals surface area (Å²) >= 11 is 0. The number of hydrogen-bond acceptors (Lipinski definition) is 3. The second-order valence-corrected chi connectivity index (χ2v) is 5.84. The number of pyridine rings is 1. The summed E-state index contributed by atoms with van der Waals surface area (Å²) in [5, 5.41) is 11.6. The molecule has 0 aliphatic carbocycles. The molecular weight excluding hydrogens is 378 g/mol. The van der Waals surface area contributed by atoms with Crippen molar-refractivity contribution in [2.24, 2.45) is 0 Å². The van der Waals surface area contributed by atoms with Gasteiger partial charge in [-0.2, -0.15) is 26.3 Å². The van der Waals surface area contributed by atoms with E-state index in [-0.39, 0.29) is 12.1 Å². The van der Waals surface area contributed by atoms with Gasteiger partial charge in [-0.1, -0.05) is 18.2 Å². The number of amides is 1. The number of carbonyl (C=O) groups excluding carboxylic acids is 1. The highest BCUT2D eigenvalue weighted by molar-refractivity contribution is 5.92. The number of aromatic nitrogens is 1. The molecule has 1 aromatic heterocycles. The molecule has 2 N–H and O–H groups in total. The lowest BCUT2D eigenvalue weighted by Gasteiger charge is -2.32. The molecule has 0 bridgehead atoms. The molecule has 2 aromatic rings. The van der Waals surface area contributed by atoms with Gasteiger partial charge >= 0.3 is 12.4 Å². The lowest BCUT2D eigenvalue weighted by Crippen LogP contribution is -2.53. The van der Waals surface area contributed by atoms with Gasteiger partial charge in [-0.25, -0.2) is 0 Å². The molecule has 0 aliphatic heterocycles. The number of hydrogen-bond donors (Lipinski definition) is 2. The Morgan fingerprint density at radius 2 is 1.56 bits per heavy atom. The van der Waals surface area contributed by atoms with E-state index in [1.807, 2.05) is 6.92 Å². The monoisotopic (exact) mass is 392 g/mol. The van der Waals surface area contributed by atoms with Crippen molar-refractivity contribution in [2.45, 2.75) is 31.3 Å². The molecule has 1 aromatic carbocycles. The third-order valence-electron chi connectivity index (χ3n) is 3.72. The van der Waals surface area contributed by atoms with Crippen molar-refractivity contribution in [2.75, 3.05) is 5.32 Å². The predicted molar refractivity (Wildman–Crippen MR) is 83.8 cm³/mol. The van der Waals surface area contributed by atoms with Gasteiger partial charge in [-0.05, 0) is 30.7 Å². The van der Waals surface area contributed by atoms with Crippen LogP contribution in [-0.4, -0.2) is 28.4 Å². The molecule has 0 unspecified atom stereocenters. The van der Waals surface area contributed by atoms with Crippen LogP contribution < -0.4 is 5.32 Å². The van der Waals surface area contributed by atoms with Gasteiger partial charge in [-0.3, -0.25) is 9.78 Å². The van der Waals surface area contributed by atoms with Crippen LogP contribution in [0.1, 0.15) is 16.8 Å². The average molecular weight is 392 g/mol. The van der Waals surface area contributed by atoms with Crippen LogP contribution in [-0.2, 0) is 16.8 Å². The lowest BCUT2D eigenvalue weighted by atomic mass is 9.92. The van der Waals surface area contributed by atoms with E-state index in [1.165, 1.54) is 0 Å². The number of nitrogens with zero attached hydrogens (tertiary/aromatic N) is 1. The summed E-state index contributed by atoms with van der Waals surface area (Å²) in [6.45, 7) is 1.81. The zero-order valence-corrected chi connectivity index (χ0v) is 13.8. The molecule has 0 saturated heterocycles. The first-order valence-electron chi connectivity index (χ1n) is 7.52. The Labute approximate surface area is 149 Å². The number of carbonyl (C=O) groups is 1. The van der Waals surface area contributed by atoms with Crippen LogP contribution in [0.5, 0.6) is 0 Å². The van der Waals surface area contributed by atoms with Crippen molar-refractivity contribution < 1.29 is 36.2 Å². The van der Waals surface area contributed by atoms with Gasteiger partial charge in [0.2, 0.25) is 5.91 Å². The molecule has 2 rings (SSSR count). The second-order valence-electron chi connectivity index (χ2n) is 5.84. The zero-order chi connectivity index (χ0) is 20.5. The Kier molecular flexibility index (Phi) is 5.50. The standard InChI is InChI=1S/C17H14F6N2O2/c1-10-2-5-13(24-9-10)8-14(26)25-12-6-3-11(4-7-12)15(27,16(18,19)20)17(21,22)23/h2-7,9,27H,8H2,1H3,(H,25,26). The van der Waals surface area contributed by atoms with Gasteiger partial charge in [0.1, 0.15) is 0 Å². The Morgan fingerprint density at radius 3 is 2.00 bits per heavy atom. The minimum atomic E-state index is -5.97.